The van der Waals surface area contributed by atoms with Crippen molar-refractivity contribution in [2.75, 3.05) is 0 Å². The van der Waals surface area contributed by atoms with Crippen LogP contribution in [0.25, 0.3) is 0 Å². The monoisotopic (exact) mass is 268 g/mol. The molecule has 0 N–H and O–H groups in total. The maximum atomic E-state index is 2.41. The van der Waals surface area contributed by atoms with Crippen molar-refractivity contribution in [2.24, 2.45) is 11.8 Å². The van der Waals surface area contributed by atoms with E-state index < -0.39 is 0 Å². The van der Waals surface area contributed by atoms with E-state index >= 15 is 0 Å². The third kappa shape index (κ3) is 12.8. The molecule has 0 heteroatoms. The van der Waals surface area contributed by atoms with Gasteiger partial charge in [-0.3, -0.25) is 0 Å². The topological polar surface area (TPSA) is 0 Å². The van der Waals surface area contributed by atoms with Gasteiger partial charge in [-0.1, -0.05) is 111 Å². The second-order valence-corrected chi connectivity index (χ2v) is 6.66. The summed E-state index contributed by atoms with van der Waals surface area (Å²) in [5.74, 6) is 1.96. The number of hydrogen-bond acceptors (Lipinski definition) is 0. The van der Waals surface area contributed by atoms with Crippen LogP contribution in [0, 0.1) is 11.8 Å². The van der Waals surface area contributed by atoms with Gasteiger partial charge >= 0.3 is 0 Å². The Morgan fingerprint density at radius 3 is 1.79 bits per heavy atom. The maximum Gasteiger partial charge on any atom is -0.0414 e. The molecule has 19 heavy (non-hydrogen) atoms. The van der Waals surface area contributed by atoms with Crippen LogP contribution in [0.2, 0.25) is 0 Å². The Kier molecular flexibility index (Phi) is 14.4. The first kappa shape index (κ1) is 19.0. The molecule has 0 aromatic rings. The molecule has 0 saturated heterocycles. The zero-order chi connectivity index (χ0) is 14.3. The van der Waals surface area contributed by atoms with Gasteiger partial charge in [0.2, 0.25) is 0 Å². The lowest BCUT2D eigenvalue weighted by molar-refractivity contribution is 0.351. The van der Waals surface area contributed by atoms with Gasteiger partial charge in [-0.2, -0.15) is 0 Å². The average Bonchev–Trinajstić information content (AvgIpc) is 2.43. The smallest absolute Gasteiger partial charge is 0.0414 e. The van der Waals surface area contributed by atoms with E-state index in [2.05, 4.69) is 27.7 Å². The van der Waals surface area contributed by atoms with Gasteiger partial charge in [-0.15, -0.1) is 0 Å². The van der Waals surface area contributed by atoms with E-state index in [1.54, 1.807) is 0 Å². The lowest BCUT2D eigenvalue weighted by Crippen LogP contribution is -2.03. The summed E-state index contributed by atoms with van der Waals surface area (Å²) in [6.07, 6.45) is 18.8. The lowest BCUT2D eigenvalue weighted by Gasteiger charge is -2.18. The Labute approximate surface area is 123 Å². The van der Waals surface area contributed by atoms with Crippen molar-refractivity contribution in [3.63, 3.8) is 0 Å². The molecule has 0 aliphatic carbocycles. The fraction of sp³-hybridized carbons (Fsp3) is 1.00. The van der Waals surface area contributed by atoms with Crippen LogP contribution in [0.5, 0.6) is 0 Å². The van der Waals surface area contributed by atoms with Crippen LogP contribution in [-0.2, 0) is 0 Å². The van der Waals surface area contributed by atoms with Crippen molar-refractivity contribution in [3.05, 3.63) is 0 Å². The summed E-state index contributed by atoms with van der Waals surface area (Å²) in [6, 6.07) is 0. The highest BCUT2D eigenvalue weighted by molar-refractivity contribution is 4.62. The number of unbranched alkanes of at least 4 members (excludes halogenated alkanes) is 6. The molecular formula is C19H40. The summed E-state index contributed by atoms with van der Waals surface area (Å²) < 4.78 is 0. The molecule has 0 spiro atoms. The standard InChI is InChI=1S/C19H40/c1-5-8-9-10-11-12-13-15-19(14-6-2)17-16-18(4)7-3/h18-19H,5-17H2,1-4H3. The Morgan fingerprint density at radius 2 is 1.21 bits per heavy atom. The summed E-state index contributed by atoms with van der Waals surface area (Å²) in [5, 5.41) is 0. The van der Waals surface area contributed by atoms with Gasteiger partial charge in [0.1, 0.15) is 0 Å². The van der Waals surface area contributed by atoms with Gasteiger partial charge in [-0.05, 0) is 11.8 Å². The van der Waals surface area contributed by atoms with E-state index in [1.807, 2.05) is 0 Å². The van der Waals surface area contributed by atoms with Crippen molar-refractivity contribution in [1.82, 2.24) is 0 Å². The quantitative estimate of drug-likeness (QED) is 0.288. The van der Waals surface area contributed by atoms with Gasteiger partial charge in [0, 0.05) is 0 Å². The Morgan fingerprint density at radius 1 is 0.579 bits per heavy atom. The predicted octanol–water partition coefficient (Wildman–Crippen LogP) is 7.37. The summed E-state index contributed by atoms with van der Waals surface area (Å²) in [6.45, 7) is 9.39. The molecule has 0 aromatic heterocycles. The molecule has 0 nitrogen and oxygen atoms in total. The fourth-order valence-corrected chi connectivity index (χ4v) is 2.96. The lowest BCUT2D eigenvalue weighted by atomic mass is 9.88. The predicted molar refractivity (Wildman–Crippen MR) is 89.7 cm³/mol. The van der Waals surface area contributed by atoms with Crippen molar-refractivity contribution in [1.29, 1.82) is 0 Å². The van der Waals surface area contributed by atoms with Crippen LogP contribution in [0.15, 0.2) is 0 Å². The molecule has 116 valence electrons. The van der Waals surface area contributed by atoms with Crippen LogP contribution in [-0.4, -0.2) is 0 Å². The second-order valence-electron chi connectivity index (χ2n) is 6.66. The SMILES string of the molecule is CCCCCCCCCC(CCC)CCC(C)CC. The zero-order valence-electron chi connectivity index (χ0n) is 14.3. The third-order valence-corrected chi connectivity index (χ3v) is 4.68. The van der Waals surface area contributed by atoms with Gasteiger partial charge in [0.15, 0.2) is 0 Å². The molecule has 0 fully saturated rings. The van der Waals surface area contributed by atoms with E-state index in [9.17, 15) is 0 Å². The molecule has 2 unspecified atom stereocenters. The van der Waals surface area contributed by atoms with E-state index in [0.29, 0.717) is 0 Å². The van der Waals surface area contributed by atoms with Crippen molar-refractivity contribution in [3.8, 4) is 0 Å². The first-order valence-electron chi connectivity index (χ1n) is 9.24. The molecule has 0 amide bonds. The minimum atomic E-state index is 0.938. The van der Waals surface area contributed by atoms with E-state index in [1.165, 1.54) is 83.5 Å². The van der Waals surface area contributed by atoms with E-state index in [0.717, 1.165) is 11.8 Å². The molecule has 0 rings (SSSR count). The summed E-state index contributed by atoms with van der Waals surface area (Å²) >= 11 is 0. The minimum Gasteiger partial charge on any atom is -0.0654 e. The highest BCUT2D eigenvalue weighted by atomic mass is 14.2. The van der Waals surface area contributed by atoms with Gasteiger partial charge in [0.05, 0.1) is 0 Å². The van der Waals surface area contributed by atoms with Crippen LogP contribution >= 0.6 is 0 Å². The van der Waals surface area contributed by atoms with Gasteiger partial charge < -0.3 is 0 Å². The zero-order valence-corrected chi connectivity index (χ0v) is 14.3. The molecule has 0 saturated carbocycles. The van der Waals surface area contributed by atoms with Crippen molar-refractivity contribution < 1.29 is 0 Å². The van der Waals surface area contributed by atoms with E-state index in [4.69, 9.17) is 0 Å². The Bertz CT molecular complexity index is 161. The Balaban J connectivity index is 3.53. The molecule has 0 aromatic carbocycles. The molecule has 0 aliphatic rings. The first-order chi connectivity index (χ1) is 9.24. The summed E-state index contributed by atoms with van der Waals surface area (Å²) in [5.41, 5.74) is 0. The number of hydrogen-bond donors (Lipinski definition) is 0. The van der Waals surface area contributed by atoms with Crippen molar-refractivity contribution >= 4 is 0 Å². The van der Waals surface area contributed by atoms with Crippen molar-refractivity contribution in [2.45, 2.75) is 111 Å². The van der Waals surface area contributed by atoms with Crippen LogP contribution < -0.4 is 0 Å². The van der Waals surface area contributed by atoms with Gasteiger partial charge in [0.25, 0.3) is 0 Å². The summed E-state index contributed by atoms with van der Waals surface area (Å²) in [4.78, 5) is 0. The molecule has 0 aliphatic heterocycles. The normalized spacial score (nSPS) is 14.5. The highest BCUT2D eigenvalue weighted by Crippen LogP contribution is 2.24. The third-order valence-electron chi connectivity index (χ3n) is 4.68. The highest BCUT2D eigenvalue weighted by Gasteiger charge is 2.09. The molecule has 0 bridgehead atoms. The maximum absolute atomic E-state index is 2.41. The van der Waals surface area contributed by atoms with Crippen LogP contribution in [0.4, 0.5) is 0 Å². The second kappa shape index (κ2) is 14.4. The number of rotatable bonds is 14. The average molecular weight is 269 g/mol. The Hall–Kier alpha value is 0. The largest absolute Gasteiger partial charge is 0.0654 e. The van der Waals surface area contributed by atoms with Gasteiger partial charge in [-0.25, -0.2) is 0 Å². The fourth-order valence-electron chi connectivity index (χ4n) is 2.96. The molecular weight excluding hydrogens is 228 g/mol. The molecule has 2 atom stereocenters. The minimum absolute atomic E-state index is 0.938. The van der Waals surface area contributed by atoms with Crippen LogP contribution in [0.1, 0.15) is 111 Å². The molecule has 0 radical (unpaired) electrons. The van der Waals surface area contributed by atoms with E-state index in [-0.39, 0.29) is 0 Å². The molecule has 0 heterocycles. The van der Waals surface area contributed by atoms with Crippen LogP contribution in [0.3, 0.4) is 0 Å². The summed E-state index contributed by atoms with van der Waals surface area (Å²) in [7, 11) is 0. The first-order valence-corrected chi connectivity index (χ1v) is 9.24.